The maximum atomic E-state index is 14.2. The Kier molecular flexibility index (Phi) is 11.3. The highest BCUT2D eigenvalue weighted by atomic mass is 16.7. The Hall–Kier alpha value is -3.96. The molecule has 8 atom stereocenters. The van der Waals surface area contributed by atoms with Gasteiger partial charge in [0, 0.05) is 49.3 Å². The van der Waals surface area contributed by atoms with Gasteiger partial charge < -0.3 is 29.9 Å². The predicted molar refractivity (Wildman–Crippen MR) is 201 cm³/mol. The molecule has 1 unspecified atom stereocenters. The number of amides is 1. The number of aliphatic hydroxyl groups is 2. The molecule has 1 amide bonds. The second-order valence-corrected chi connectivity index (χ2v) is 15.8. The highest BCUT2D eigenvalue weighted by Gasteiger charge is 2.57. The van der Waals surface area contributed by atoms with Crippen LogP contribution in [0.15, 0.2) is 66.7 Å². The van der Waals surface area contributed by atoms with Crippen LogP contribution >= 0.6 is 0 Å². The summed E-state index contributed by atoms with van der Waals surface area (Å²) in [7, 11) is 5.43. The third-order valence-electron chi connectivity index (χ3n) is 12.1. The molecule has 3 aliphatic carbocycles. The number of benzene rings is 3. The SMILES string of the molecule is COc1c(CN2O[C@@H](CO)[C@H]([C@H](C)O)[C@H]2C(=O)N[C@H]2C[C@H]3CC([C@@H]2C)C3(C)C)cccc1-c1cc(C(=O)OCCc2ccccc2)cc(N(C)C)c1. The van der Waals surface area contributed by atoms with Gasteiger partial charge in [-0.3, -0.25) is 9.63 Å². The van der Waals surface area contributed by atoms with Gasteiger partial charge in [0.25, 0.3) is 0 Å². The molecule has 1 saturated heterocycles. The molecule has 3 aromatic rings. The lowest BCUT2D eigenvalue weighted by atomic mass is 9.45. The van der Waals surface area contributed by atoms with E-state index in [2.05, 4.69) is 26.1 Å². The Morgan fingerprint density at radius 1 is 1.08 bits per heavy atom. The van der Waals surface area contributed by atoms with Crippen molar-refractivity contribution >= 4 is 17.6 Å². The van der Waals surface area contributed by atoms with Gasteiger partial charge in [0.05, 0.1) is 38.5 Å². The van der Waals surface area contributed by atoms with Gasteiger partial charge in [0.2, 0.25) is 5.91 Å². The molecule has 10 nitrogen and oxygen atoms in total. The zero-order valence-corrected chi connectivity index (χ0v) is 31.5. The molecule has 280 valence electrons. The number of ether oxygens (including phenoxy) is 2. The molecule has 0 radical (unpaired) electrons. The number of para-hydroxylation sites is 1. The van der Waals surface area contributed by atoms with Crippen LogP contribution < -0.4 is 15.0 Å². The van der Waals surface area contributed by atoms with Crippen molar-refractivity contribution in [1.29, 1.82) is 0 Å². The lowest BCUT2D eigenvalue weighted by Gasteiger charge is -2.62. The van der Waals surface area contributed by atoms with Gasteiger partial charge in [0.15, 0.2) is 0 Å². The van der Waals surface area contributed by atoms with Crippen molar-refractivity contribution < 1.29 is 34.1 Å². The van der Waals surface area contributed by atoms with E-state index in [1.165, 1.54) is 6.42 Å². The molecule has 4 aliphatic rings. The third-order valence-corrected chi connectivity index (χ3v) is 12.1. The summed E-state index contributed by atoms with van der Waals surface area (Å²) in [5.41, 5.74) is 4.88. The topological polar surface area (TPSA) is 121 Å². The Morgan fingerprint density at radius 2 is 1.83 bits per heavy atom. The molecule has 2 bridgehead atoms. The first kappa shape index (κ1) is 37.8. The minimum atomic E-state index is -0.901. The number of nitrogens with one attached hydrogen (secondary N) is 1. The number of methoxy groups -OCH3 is 1. The van der Waals surface area contributed by atoms with E-state index >= 15 is 0 Å². The van der Waals surface area contributed by atoms with E-state index in [1.54, 1.807) is 19.1 Å². The molecule has 1 heterocycles. The number of nitrogens with zero attached hydrogens (tertiary/aromatic N) is 2. The average molecular weight is 714 g/mol. The fraction of sp³-hybridized carbons (Fsp3) is 0.524. The summed E-state index contributed by atoms with van der Waals surface area (Å²) in [6.45, 7) is 8.62. The van der Waals surface area contributed by atoms with Gasteiger partial charge in [-0.25, -0.2) is 4.79 Å². The van der Waals surface area contributed by atoms with E-state index in [0.29, 0.717) is 35.5 Å². The summed E-state index contributed by atoms with van der Waals surface area (Å²) in [5, 5.41) is 26.2. The number of esters is 1. The van der Waals surface area contributed by atoms with Crippen LogP contribution in [0.4, 0.5) is 5.69 Å². The van der Waals surface area contributed by atoms with Crippen molar-refractivity contribution in [3.05, 3.63) is 83.4 Å². The van der Waals surface area contributed by atoms with E-state index in [0.717, 1.165) is 34.4 Å². The summed E-state index contributed by atoms with van der Waals surface area (Å²) in [4.78, 5) is 35.7. The van der Waals surface area contributed by atoms with Crippen LogP contribution in [0.1, 0.15) is 62.0 Å². The van der Waals surface area contributed by atoms with E-state index in [1.807, 2.05) is 85.7 Å². The Bertz CT molecular complexity index is 1730. The van der Waals surface area contributed by atoms with Crippen LogP contribution in [-0.4, -0.2) is 85.9 Å². The number of carbonyl (C=O) groups excluding carboxylic acids is 2. The van der Waals surface area contributed by atoms with Crippen molar-refractivity contribution in [2.75, 3.05) is 39.3 Å². The highest BCUT2D eigenvalue weighted by Crippen LogP contribution is 2.61. The number of carbonyl (C=O) groups is 2. The van der Waals surface area contributed by atoms with Gasteiger partial charge in [-0.2, -0.15) is 5.06 Å². The van der Waals surface area contributed by atoms with E-state index in [-0.39, 0.29) is 37.1 Å². The molecule has 3 N–H and O–H groups in total. The number of aliphatic hydroxyl groups excluding tert-OH is 2. The monoisotopic (exact) mass is 713 g/mol. The standard InChI is InChI=1S/C42H55N3O7/c1-25-34-21-31(42(34,3)4)22-35(25)43-40(48)38-37(26(2)47)36(24-46)52-45(38)23-28-14-11-15-33(39(28)50-7)29-18-30(20-32(19-29)44(5)6)41(49)51-17-16-27-12-9-8-10-13-27/h8-15,18-20,25-26,31,34-38,46-47H,16-17,21-24H2,1-7H3,(H,43,48)/t25-,26-,31+,34?,35-,36-,37-,38-/m0/s1. The van der Waals surface area contributed by atoms with Crippen molar-refractivity contribution in [3.63, 3.8) is 0 Å². The van der Waals surface area contributed by atoms with Crippen LogP contribution in [0.5, 0.6) is 5.75 Å². The number of hydroxylamine groups is 2. The second-order valence-electron chi connectivity index (χ2n) is 15.8. The molecule has 0 aromatic heterocycles. The van der Waals surface area contributed by atoms with Crippen molar-refractivity contribution in [3.8, 4) is 16.9 Å². The summed E-state index contributed by atoms with van der Waals surface area (Å²) in [5.74, 6) is 0.760. The zero-order chi connectivity index (χ0) is 37.3. The quantitative estimate of drug-likeness (QED) is 0.198. The maximum Gasteiger partial charge on any atom is 0.338 e. The van der Waals surface area contributed by atoms with Gasteiger partial charge in [-0.15, -0.1) is 0 Å². The number of hydrogen-bond donors (Lipinski definition) is 3. The molecule has 4 fully saturated rings. The molecule has 52 heavy (non-hydrogen) atoms. The number of anilines is 1. The highest BCUT2D eigenvalue weighted by molar-refractivity contribution is 5.93. The number of rotatable bonds is 13. The first-order valence-corrected chi connectivity index (χ1v) is 18.6. The third kappa shape index (κ3) is 7.44. The molecule has 1 aliphatic heterocycles. The molecule has 0 spiro atoms. The molecular weight excluding hydrogens is 658 g/mol. The largest absolute Gasteiger partial charge is 0.496 e. The Balaban J connectivity index is 1.26. The van der Waals surface area contributed by atoms with E-state index < -0.39 is 30.1 Å². The van der Waals surface area contributed by atoms with Crippen LogP contribution in [0.3, 0.4) is 0 Å². The van der Waals surface area contributed by atoms with Crippen molar-refractivity contribution in [1.82, 2.24) is 10.4 Å². The van der Waals surface area contributed by atoms with Crippen LogP contribution in [0.2, 0.25) is 0 Å². The lowest BCUT2D eigenvalue weighted by Crippen LogP contribution is -2.62. The number of fused-ring (bicyclic) bond motifs is 2. The average Bonchev–Trinajstić information content (AvgIpc) is 3.51. The Labute approximate surface area is 308 Å². The number of hydrogen-bond acceptors (Lipinski definition) is 9. The van der Waals surface area contributed by atoms with Gasteiger partial charge in [-0.1, -0.05) is 69.3 Å². The van der Waals surface area contributed by atoms with Gasteiger partial charge in [0.1, 0.15) is 17.9 Å². The predicted octanol–water partition coefficient (Wildman–Crippen LogP) is 5.49. The maximum absolute atomic E-state index is 14.2. The molecular formula is C42H55N3O7. The van der Waals surface area contributed by atoms with Gasteiger partial charge >= 0.3 is 5.97 Å². The smallest absolute Gasteiger partial charge is 0.338 e. The molecule has 3 saturated carbocycles. The van der Waals surface area contributed by atoms with Crippen molar-refractivity contribution in [2.24, 2.45) is 29.1 Å². The second kappa shape index (κ2) is 15.6. The van der Waals surface area contributed by atoms with E-state index in [4.69, 9.17) is 14.3 Å². The molecule has 10 heteroatoms. The normalized spacial score (nSPS) is 27.0. The summed E-state index contributed by atoms with van der Waals surface area (Å²) >= 11 is 0. The summed E-state index contributed by atoms with van der Waals surface area (Å²) in [6, 6.07) is 20.5. The molecule has 7 rings (SSSR count). The molecule has 3 aromatic carbocycles. The lowest BCUT2D eigenvalue weighted by molar-refractivity contribution is -0.183. The summed E-state index contributed by atoms with van der Waals surface area (Å²) in [6.07, 6.45) is 1.09. The van der Waals surface area contributed by atoms with E-state index in [9.17, 15) is 19.8 Å². The Morgan fingerprint density at radius 3 is 2.46 bits per heavy atom. The van der Waals surface area contributed by atoms with Crippen LogP contribution in [-0.2, 0) is 27.3 Å². The van der Waals surface area contributed by atoms with Crippen molar-refractivity contribution in [2.45, 2.75) is 77.8 Å². The van der Waals surface area contributed by atoms with Gasteiger partial charge in [-0.05, 0) is 72.3 Å². The first-order chi connectivity index (χ1) is 24.8. The zero-order valence-electron chi connectivity index (χ0n) is 31.5. The van der Waals surface area contributed by atoms with Crippen LogP contribution in [0.25, 0.3) is 11.1 Å². The fourth-order valence-corrected chi connectivity index (χ4v) is 8.96. The minimum Gasteiger partial charge on any atom is -0.496 e. The van der Waals surface area contributed by atoms with Crippen LogP contribution in [0, 0.1) is 29.1 Å². The summed E-state index contributed by atoms with van der Waals surface area (Å²) < 4.78 is 11.7. The minimum absolute atomic E-state index is 0.0370. The first-order valence-electron chi connectivity index (χ1n) is 18.6. The fourth-order valence-electron chi connectivity index (χ4n) is 8.96.